The van der Waals surface area contributed by atoms with Gasteiger partial charge in [-0.2, -0.15) is 4.98 Å². The van der Waals surface area contributed by atoms with Crippen molar-refractivity contribution in [1.29, 1.82) is 0 Å². The first kappa shape index (κ1) is 16.3. The third-order valence-electron chi connectivity index (χ3n) is 3.78. The number of ether oxygens (including phenoxy) is 1. The molecule has 0 spiro atoms. The van der Waals surface area contributed by atoms with Gasteiger partial charge < -0.3 is 14.6 Å². The van der Waals surface area contributed by atoms with E-state index in [9.17, 15) is 4.79 Å². The average Bonchev–Trinajstić information content (AvgIpc) is 3.15. The van der Waals surface area contributed by atoms with Crippen LogP contribution in [0.25, 0.3) is 0 Å². The molecule has 1 saturated heterocycles. The summed E-state index contributed by atoms with van der Waals surface area (Å²) in [6, 6.07) is 7.47. The van der Waals surface area contributed by atoms with Crippen molar-refractivity contribution < 1.29 is 14.1 Å². The van der Waals surface area contributed by atoms with Crippen LogP contribution in [0.4, 0.5) is 16.2 Å². The molecular weight excluding hydrogens is 308 g/mol. The zero-order chi connectivity index (χ0) is 17.3. The predicted molar refractivity (Wildman–Crippen MR) is 90.2 cm³/mol. The number of nitrogens with one attached hydrogen (secondary N) is 1. The first-order valence-electron chi connectivity index (χ1n) is 7.99. The van der Waals surface area contributed by atoms with Gasteiger partial charge >= 0.3 is 6.09 Å². The average molecular weight is 330 g/mol. The molecule has 1 fully saturated rings. The van der Waals surface area contributed by atoms with Crippen LogP contribution in [-0.4, -0.2) is 29.4 Å². The number of carbonyl (C=O) groups is 1. The highest BCUT2D eigenvalue weighted by molar-refractivity contribution is 5.89. The molecular formula is C17H22N4O3. The maximum absolute atomic E-state index is 11.7. The Labute approximate surface area is 141 Å². The van der Waals surface area contributed by atoms with E-state index in [0.29, 0.717) is 24.9 Å². The van der Waals surface area contributed by atoms with Crippen LogP contribution in [-0.2, 0) is 10.2 Å². The quantitative estimate of drug-likeness (QED) is 0.924. The Morgan fingerprint density at radius 1 is 1.33 bits per heavy atom. The van der Waals surface area contributed by atoms with Gasteiger partial charge in [0.2, 0.25) is 5.89 Å². The van der Waals surface area contributed by atoms with Crippen molar-refractivity contribution in [3.63, 3.8) is 0 Å². The van der Waals surface area contributed by atoms with Crippen molar-refractivity contribution in [1.82, 2.24) is 10.1 Å². The molecule has 0 bridgehead atoms. The van der Waals surface area contributed by atoms with Crippen molar-refractivity contribution in [3.8, 4) is 0 Å². The Bertz CT molecular complexity index is 735. The number of hydrogen-bond acceptors (Lipinski definition) is 6. The second-order valence-corrected chi connectivity index (χ2v) is 6.89. The molecule has 1 atom stereocenters. The second-order valence-electron chi connectivity index (χ2n) is 6.89. The van der Waals surface area contributed by atoms with Crippen LogP contribution < -0.4 is 10.2 Å². The molecule has 1 unspecified atom stereocenters. The Kier molecular flexibility index (Phi) is 4.17. The van der Waals surface area contributed by atoms with Crippen molar-refractivity contribution in [2.45, 2.75) is 39.2 Å². The normalized spacial score (nSPS) is 16.2. The lowest BCUT2D eigenvalue weighted by Crippen LogP contribution is -2.23. The zero-order valence-electron chi connectivity index (χ0n) is 14.4. The minimum Gasteiger partial charge on any atom is -0.447 e. The smallest absolute Gasteiger partial charge is 0.414 e. The van der Waals surface area contributed by atoms with E-state index in [-0.39, 0.29) is 17.6 Å². The lowest BCUT2D eigenvalue weighted by molar-refractivity contribution is 0.181. The van der Waals surface area contributed by atoms with Crippen LogP contribution in [0.1, 0.15) is 45.5 Å². The molecule has 0 radical (unpaired) electrons. The number of anilines is 2. The molecule has 1 aromatic carbocycles. The van der Waals surface area contributed by atoms with E-state index in [2.05, 4.69) is 15.5 Å². The summed E-state index contributed by atoms with van der Waals surface area (Å²) in [5.41, 5.74) is 1.52. The molecule has 0 aliphatic carbocycles. The number of nitrogens with zero attached hydrogens (tertiary/aromatic N) is 3. The number of aromatic nitrogens is 2. The molecule has 1 aromatic heterocycles. The van der Waals surface area contributed by atoms with E-state index >= 15 is 0 Å². The van der Waals surface area contributed by atoms with Crippen molar-refractivity contribution in [3.05, 3.63) is 36.0 Å². The maximum atomic E-state index is 11.7. The lowest BCUT2D eigenvalue weighted by Gasteiger charge is -2.16. The molecule has 1 N–H and O–H groups in total. The summed E-state index contributed by atoms with van der Waals surface area (Å²) in [6.45, 7) is 9.06. The van der Waals surface area contributed by atoms with E-state index in [1.165, 1.54) is 0 Å². The molecule has 128 valence electrons. The fourth-order valence-corrected chi connectivity index (χ4v) is 2.42. The standard InChI is InChI=1S/C17H22N4O3/c1-11(14-19-15(20-24-14)17(2,3)4)18-12-6-5-7-13(10-12)21-8-9-23-16(21)22/h5-7,10-11,18H,8-9H2,1-4H3. The third-order valence-corrected chi connectivity index (χ3v) is 3.78. The fourth-order valence-electron chi connectivity index (χ4n) is 2.42. The van der Waals surface area contributed by atoms with Crippen LogP contribution in [0.2, 0.25) is 0 Å². The molecule has 7 heteroatoms. The summed E-state index contributed by atoms with van der Waals surface area (Å²) in [5.74, 6) is 1.21. The number of benzene rings is 1. The van der Waals surface area contributed by atoms with E-state index < -0.39 is 0 Å². The van der Waals surface area contributed by atoms with Gasteiger partial charge in [-0.1, -0.05) is 32.0 Å². The molecule has 1 aliphatic heterocycles. The zero-order valence-corrected chi connectivity index (χ0v) is 14.4. The number of rotatable bonds is 4. The molecule has 7 nitrogen and oxygen atoms in total. The van der Waals surface area contributed by atoms with Gasteiger partial charge in [-0.05, 0) is 25.1 Å². The molecule has 2 aromatic rings. The summed E-state index contributed by atoms with van der Waals surface area (Å²) >= 11 is 0. The van der Waals surface area contributed by atoms with E-state index in [0.717, 1.165) is 11.4 Å². The molecule has 24 heavy (non-hydrogen) atoms. The first-order valence-corrected chi connectivity index (χ1v) is 7.99. The van der Waals surface area contributed by atoms with E-state index in [4.69, 9.17) is 9.26 Å². The Balaban J connectivity index is 1.74. The number of amides is 1. The van der Waals surface area contributed by atoms with Gasteiger partial charge in [-0.3, -0.25) is 4.90 Å². The highest BCUT2D eigenvalue weighted by atomic mass is 16.6. The van der Waals surface area contributed by atoms with Crippen molar-refractivity contribution in [2.75, 3.05) is 23.4 Å². The summed E-state index contributed by atoms with van der Waals surface area (Å²) in [5, 5.41) is 7.37. The summed E-state index contributed by atoms with van der Waals surface area (Å²) < 4.78 is 10.3. The lowest BCUT2D eigenvalue weighted by atomic mass is 9.96. The molecule has 1 amide bonds. The summed E-state index contributed by atoms with van der Waals surface area (Å²) in [6.07, 6.45) is -0.313. The predicted octanol–water partition coefficient (Wildman–Crippen LogP) is 3.50. The first-order chi connectivity index (χ1) is 11.3. The van der Waals surface area contributed by atoms with E-state index in [1.807, 2.05) is 52.0 Å². The van der Waals surface area contributed by atoms with Gasteiger partial charge in [0.05, 0.1) is 6.54 Å². The summed E-state index contributed by atoms with van der Waals surface area (Å²) in [7, 11) is 0. The largest absolute Gasteiger partial charge is 0.447 e. The van der Waals surface area contributed by atoms with Crippen LogP contribution in [0.3, 0.4) is 0 Å². The van der Waals surface area contributed by atoms with Crippen molar-refractivity contribution in [2.24, 2.45) is 0 Å². The summed E-state index contributed by atoms with van der Waals surface area (Å²) in [4.78, 5) is 17.8. The third kappa shape index (κ3) is 3.34. The molecule has 0 saturated carbocycles. The fraction of sp³-hybridized carbons (Fsp3) is 0.471. The number of hydrogen-bond donors (Lipinski definition) is 1. The van der Waals surface area contributed by atoms with Gasteiger partial charge in [-0.15, -0.1) is 0 Å². The van der Waals surface area contributed by atoms with Gasteiger partial charge in [0.15, 0.2) is 5.82 Å². The monoisotopic (exact) mass is 330 g/mol. The van der Waals surface area contributed by atoms with Gasteiger partial charge in [0.1, 0.15) is 12.6 Å². The van der Waals surface area contributed by atoms with Gasteiger partial charge in [0, 0.05) is 16.8 Å². The van der Waals surface area contributed by atoms with Crippen LogP contribution in [0.5, 0.6) is 0 Å². The van der Waals surface area contributed by atoms with Crippen molar-refractivity contribution >= 4 is 17.5 Å². The molecule has 1 aliphatic rings. The molecule has 3 rings (SSSR count). The maximum Gasteiger partial charge on any atom is 0.414 e. The topological polar surface area (TPSA) is 80.5 Å². The van der Waals surface area contributed by atoms with Crippen LogP contribution in [0, 0.1) is 0 Å². The highest BCUT2D eigenvalue weighted by Crippen LogP contribution is 2.26. The van der Waals surface area contributed by atoms with Crippen LogP contribution in [0.15, 0.2) is 28.8 Å². The second kappa shape index (κ2) is 6.14. The number of carbonyl (C=O) groups excluding carboxylic acids is 1. The molecule has 2 heterocycles. The minimum absolute atomic E-state index is 0.144. The Morgan fingerprint density at radius 3 is 2.75 bits per heavy atom. The highest BCUT2D eigenvalue weighted by Gasteiger charge is 2.25. The number of cyclic esters (lactones) is 1. The van der Waals surface area contributed by atoms with E-state index in [1.54, 1.807) is 4.90 Å². The Morgan fingerprint density at radius 2 is 2.12 bits per heavy atom. The van der Waals surface area contributed by atoms with Gasteiger partial charge in [0.25, 0.3) is 0 Å². The van der Waals surface area contributed by atoms with Crippen LogP contribution >= 0.6 is 0 Å². The SMILES string of the molecule is CC(Nc1cccc(N2CCOC2=O)c1)c1nc(C(C)(C)C)no1. The Hall–Kier alpha value is -2.57. The van der Waals surface area contributed by atoms with Gasteiger partial charge in [-0.25, -0.2) is 4.79 Å². The minimum atomic E-state index is -0.313.